The molecule has 2 aliphatic heterocycles. The molecule has 0 atom stereocenters. The van der Waals surface area contributed by atoms with Crippen molar-refractivity contribution in [3.63, 3.8) is 0 Å². The van der Waals surface area contributed by atoms with E-state index < -0.39 is 5.91 Å². The first kappa shape index (κ1) is 26.2. The van der Waals surface area contributed by atoms with Crippen LogP contribution in [-0.2, 0) is 11.2 Å². The number of fused-ring (bicyclic) bond motifs is 1. The molecule has 192 valence electrons. The molecule has 4 rings (SSSR count). The quantitative estimate of drug-likeness (QED) is 0.255. The second kappa shape index (κ2) is 11.5. The van der Waals surface area contributed by atoms with Gasteiger partial charge in [0.1, 0.15) is 24.0 Å². The van der Waals surface area contributed by atoms with Crippen LogP contribution in [0.5, 0.6) is 17.2 Å². The zero-order chi connectivity index (χ0) is 26.5. The van der Waals surface area contributed by atoms with Crippen LogP contribution in [0.2, 0.25) is 0 Å². The summed E-state index contributed by atoms with van der Waals surface area (Å²) in [7, 11) is 1.56. The third kappa shape index (κ3) is 5.94. The van der Waals surface area contributed by atoms with E-state index in [9.17, 15) is 4.79 Å². The van der Waals surface area contributed by atoms with E-state index in [0.717, 1.165) is 16.4 Å². The fourth-order valence-corrected chi connectivity index (χ4v) is 4.63. The average molecular weight is 519 g/mol. The standard InChI is InChI=1S/C28H30N4O4S/c1-6-7-20-14-19(15-22-25(29)32-28(30-26(22)33)37-27(31-32)17(2)3)16-23(34-5)24(20)36-13-12-35-21-10-8-18(4)9-11-21/h6,8-11,14-17,29H,1,7,12-13H2,2-5H3/b22-15-,29-25?. The maximum absolute atomic E-state index is 12.8. The number of nitrogens with zero attached hydrogens (tertiary/aromatic N) is 3. The Balaban J connectivity index is 1.55. The molecule has 0 fully saturated rings. The van der Waals surface area contributed by atoms with Gasteiger partial charge < -0.3 is 14.2 Å². The number of amidine groups is 2. The second-order valence-electron chi connectivity index (χ2n) is 8.83. The van der Waals surface area contributed by atoms with Gasteiger partial charge in [0, 0.05) is 11.5 Å². The number of hydrogen-bond donors (Lipinski definition) is 1. The maximum atomic E-state index is 12.8. The minimum absolute atomic E-state index is 0.00373. The van der Waals surface area contributed by atoms with Gasteiger partial charge in [-0.3, -0.25) is 10.2 Å². The summed E-state index contributed by atoms with van der Waals surface area (Å²) in [6.07, 6.45) is 3.94. The summed E-state index contributed by atoms with van der Waals surface area (Å²) < 4.78 is 17.5. The fraction of sp³-hybridized carbons (Fsp3) is 0.286. The van der Waals surface area contributed by atoms with Gasteiger partial charge in [-0.05, 0) is 61.0 Å². The lowest BCUT2D eigenvalue weighted by molar-refractivity contribution is -0.114. The Hall–Kier alpha value is -3.85. The molecular formula is C28H30N4O4S. The van der Waals surface area contributed by atoms with Crippen molar-refractivity contribution in [3.05, 3.63) is 71.3 Å². The molecular weight excluding hydrogens is 488 g/mol. The fourth-order valence-electron chi connectivity index (χ4n) is 3.73. The Morgan fingerprint density at radius 2 is 1.89 bits per heavy atom. The normalized spacial score (nSPS) is 16.0. The second-order valence-corrected chi connectivity index (χ2v) is 9.81. The topological polar surface area (TPSA) is 96.6 Å². The highest BCUT2D eigenvalue weighted by molar-refractivity contribution is 8.27. The van der Waals surface area contributed by atoms with Crippen molar-refractivity contribution in [1.82, 2.24) is 5.01 Å². The number of carbonyl (C=O) groups is 1. The van der Waals surface area contributed by atoms with Crippen LogP contribution in [0.1, 0.15) is 30.5 Å². The summed E-state index contributed by atoms with van der Waals surface area (Å²) in [5, 5.41) is 15.7. The van der Waals surface area contributed by atoms with E-state index >= 15 is 0 Å². The van der Waals surface area contributed by atoms with Crippen LogP contribution in [0.3, 0.4) is 0 Å². The van der Waals surface area contributed by atoms with Gasteiger partial charge in [-0.25, -0.2) is 0 Å². The molecule has 0 saturated heterocycles. The van der Waals surface area contributed by atoms with Crippen molar-refractivity contribution >= 4 is 39.8 Å². The predicted octanol–water partition coefficient (Wildman–Crippen LogP) is 5.47. The lowest BCUT2D eigenvalue weighted by Crippen LogP contribution is -2.35. The summed E-state index contributed by atoms with van der Waals surface area (Å²) in [5.41, 5.74) is 2.85. The number of thioether (sulfide) groups is 1. The number of nitrogens with one attached hydrogen (secondary N) is 1. The highest BCUT2D eigenvalue weighted by Gasteiger charge is 2.36. The number of aryl methyl sites for hydroxylation is 1. The number of carbonyl (C=O) groups excluding carboxylic acids is 1. The van der Waals surface area contributed by atoms with Crippen molar-refractivity contribution in [2.75, 3.05) is 20.3 Å². The Kier molecular flexibility index (Phi) is 8.13. The van der Waals surface area contributed by atoms with Gasteiger partial charge in [-0.1, -0.05) is 37.6 Å². The van der Waals surface area contributed by atoms with Crippen molar-refractivity contribution in [2.24, 2.45) is 16.0 Å². The van der Waals surface area contributed by atoms with E-state index in [0.29, 0.717) is 41.9 Å². The lowest BCUT2D eigenvalue weighted by atomic mass is 10.0. The van der Waals surface area contributed by atoms with Crippen LogP contribution in [-0.4, -0.2) is 47.3 Å². The van der Waals surface area contributed by atoms with Crippen LogP contribution in [0.15, 0.2) is 64.7 Å². The molecule has 8 nitrogen and oxygen atoms in total. The number of ether oxygens (including phenoxy) is 3. The Bertz CT molecular complexity index is 1310. The van der Waals surface area contributed by atoms with E-state index in [1.807, 2.05) is 51.1 Å². The monoisotopic (exact) mass is 518 g/mol. The molecule has 2 aliphatic rings. The highest BCUT2D eigenvalue weighted by atomic mass is 32.2. The van der Waals surface area contributed by atoms with Gasteiger partial charge in [-0.2, -0.15) is 15.1 Å². The Morgan fingerprint density at radius 1 is 1.16 bits per heavy atom. The zero-order valence-corrected chi connectivity index (χ0v) is 22.2. The van der Waals surface area contributed by atoms with Gasteiger partial charge in [0.05, 0.1) is 12.7 Å². The summed E-state index contributed by atoms with van der Waals surface area (Å²) in [6.45, 7) is 10.6. The number of amides is 1. The molecule has 0 radical (unpaired) electrons. The first-order valence-corrected chi connectivity index (χ1v) is 12.8. The molecule has 0 spiro atoms. The van der Waals surface area contributed by atoms with Crippen LogP contribution in [0, 0.1) is 18.3 Å². The number of methoxy groups -OCH3 is 1. The van der Waals surface area contributed by atoms with E-state index in [1.165, 1.54) is 22.3 Å². The van der Waals surface area contributed by atoms with Gasteiger partial charge in [0.25, 0.3) is 5.91 Å². The number of hydrazone groups is 1. The molecule has 0 unspecified atom stereocenters. The van der Waals surface area contributed by atoms with E-state index in [2.05, 4.69) is 16.7 Å². The average Bonchev–Trinajstić information content (AvgIpc) is 3.31. The molecule has 2 aromatic rings. The van der Waals surface area contributed by atoms with Crippen molar-refractivity contribution in [1.29, 1.82) is 5.41 Å². The first-order valence-electron chi connectivity index (χ1n) is 11.9. The maximum Gasteiger partial charge on any atom is 0.283 e. The molecule has 37 heavy (non-hydrogen) atoms. The minimum atomic E-state index is -0.471. The summed E-state index contributed by atoms with van der Waals surface area (Å²) in [5.74, 6) is 1.58. The summed E-state index contributed by atoms with van der Waals surface area (Å²) in [6, 6.07) is 11.5. The SMILES string of the molecule is C=CCc1cc(/C=C2/C(=N)N3N=C(C(C)C)SC3=NC2=O)cc(OC)c1OCCOc1ccc(C)cc1. The molecule has 0 saturated carbocycles. The number of aliphatic imine (C=N–C) groups is 1. The van der Waals surface area contributed by atoms with Crippen LogP contribution in [0.25, 0.3) is 6.08 Å². The van der Waals surface area contributed by atoms with Gasteiger partial charge >= 0.3 is 0 Å². The smallest absolute Gasteiger partial charge is 0.283 e. The summed E-state index contributed by atoms with van der Waals surface area (Å²) >= 11 is 1.32. The highest BCUT2D eigenvalue weighted by Crippen LogP contribution is 2.36. The molecule has 1 N–H and O–H groups in total. The molecule has 0 bridgehead atoms. The molecule has 0 aromatic heterocycles. The van der Waals surface area contributed by atoms with Crippen LogP contribution in [0.4, 0.5) is 0 Å². The molecule has 2 heterocycles. The Morgan fingerprint density at radius 3 is 2.57 bits per heavy atom. The van der Waals surface area contributed by atoms with Crippen LogP contribution >= 0.6 is 11.8 Å². The number of hydrogen-bond acceptors (Lipinski definition) is 7. The first-order chi connectivity index (χ1) is 17.8. The number of benzene rings is 2. The molecule has 0 aliphatic carbocycles. The minimum Gasteiger partial charge on any atom is -0.493 e. The largest absolute Gasteiger partial charge is 0.493 e. The van der Waals surface area contributed by atoms with E-state index in [4.69, 9.17) is 19.6 Å². The van der Waals surface area contributed by atoms with E-state index in [1.54, 1.807) is 25.3 Å². The predicted molar refractivity (Wildman–Crippen MR) is 149 cm³/mol. The molecule has 2 aromatic carbocycles. The van der Waals surface area contributed by atoms with Gasteiger partial charge in [0.15, 0.2) is 17.3 Å². The van der Waals surface area contributed by atoms with E-state index in [-0.39, 0.29) is 17.3 Å². The third-order valence-corrected chi connectivity index (χ3v) is 6.84. The molecule has 1 amide bonds. The van der Waals surface area contributed by atoms with Crippen molar-refractivity contribution in [2.45, 2.75) is 27.2 Å². The van der Waals surface area contributed by atoms with Crippen LogP contribution < -0.4 is 14.2 Å². The molecule has 9 heteroatoms. The van der Waals surface area contributed by atoms with Gasteiger partial charge in [0.2, 0.25) is 5.17 Å². The number of rotatable bonds is 10. The Labute approximate surface area is 221 Å². The van der Waals surface area contributed by atoms with Gasteiger partial charge in [-0.15, -0.1) is 6.58 Å². The summed E-state index contributed by atoms with van der Waals surface area (Å²) in [4.78, 5) is 17.0. The van der Waals surface area contributed by atoms with Crippen molar-refractivity contribution in [3.8, 4) is 17.2 Å². The zero-order valence-electron chi connectivity index (χ0n) is 21.4. The lowest BCUT2D eigenvalue weighted by Gasteiger charge is -2.20. The van der Waals surface area contributed by atoms with Crippen molar-refractivity contribution < 1.29 is 19.0 Å². The number of allylic oxidation sites excluding steroid dienone is 1. The third-order valence-electron chi connectivity index (χ3n) is 5.63.